The van der Waals surface area contributed by atoms with Crippen molar-refractivity contribution >= 4 is 23.5 Å². The van der Waals surface area contributed by atoms with Crippen LogP contribution in [0.3, 0.4) is 0 Å². The molecule has 4 aromatic carbocycles. The van der Waals surface area contributed by atoms with Crippen LogP contribution in [0, 0.1) is 0 Å². The van der Waals surface area contributed by atoms with Crippen molar-refractivity contribution in [3.05, 3.63) is 107 Å². The molecule has 2 N–H and O–H groups in total. The molecule has 0 aliphatic rings. The minimum Gasteiger partial charge on any atom is -0.458 e. The van der Waals surface area contributed by atoms with Gasteiger partial charge >= 0.3 is 0 Å². The molecule has 0 aliphatic carbocycles. The van der Waals surface area contributed by atoms with Gasteiger partial charge in [0, 0.05) is 32.0 Å². The van der Waals surface area contributed by atoms with Gasteiger partial charge in [0.15, 0.2) is 0 Å². The molecule has 4 rings (SSSR count). The molecule has 0 heterocycles. The summed E-state index contributed by atoms with van der Waals surface area (Å²) in [7, 11) is 0. The second kappa shape index (κ2) is 17.0. The van der Waals surface area contributed by atoms with Gasteiger partial charge in [-0.25, -0.2) is 0 Å². The molecule has 0 fully saturated rings. The third-order valence-electron chi connectivity index (χ3n) is 9.12. The number of nitrogens with two attached hydrogens (primary N) is 1. The molecule has 0 aliphatic heterocycles. The number of hydrogen-bond donors (Lipinski definition) is 1. The van der Waals surface area contributed by atoms with Crippen molar-refractivity contribution in [3.8, 4) is 23.0 Å². The lowest BCUT2D eigenvalue weighted by Gasteiger charge is -2.34. The zero-order valence-electron chi connectivity index (χ0n) is 34.4. The maximum absolute atomic E-state index is 6.57. The van der Waals surface area contributed by atoms with Gasteiger partial charge in [-0.1, -0.05) is 113 Å². The average Bonchev–Trinajstić information content (AvgIpc) is 3.04. The van der Waals surface area contributed by atoms with Crippen LogP contribution in [-0.2, 0) is 21.7 Å². The van der Waals surface area contributed by atoms with Crippen LogP contribution in [0.25, 0.3) is 0 Å². The molecule has 5 nitrogen and oxygen atoms in total. The van der Waals surface area contributed by atoms with E-state index in [0.717, 1.165) is 40.5 Å². The van der Waals surface area contributed by atoms with E-state index in [1.807, 2.05) is 84.2 Å². The van der Waals surface area contributed by atoms with Gasteiger partial charge in [0.2, 0.25) is 13.6 Å². The monoisotopic (exact) mass is 757 g/mol. The van der Waals surface area contributed by atoms with Crippen LogP contribution in [0.1, 0.15) is 119 Å². The molecule has 0 radical (unpaired) electrons. The molecular formula is C46H63NO4S2. The van der Waals surface area contributed by atoms with Crippen molar-refractivity contribution in [2.45, 2.75) is 132 Å². The maximum atomic E-state index is 6.57. The number of ether oxygens (including phenoxy) is 4. The summed E-state index contributed by atoms with van der Waals surface area (Å²) in [6, 6.07) is 28.9. The maximum Gasteiger partial charge on any atom is 0.230 e. The fourth-order valence-electron chi connectivity index (χ4n) is 6.24. The van der Waals surface area contributed by atoms with Crippen molar-refractivity contribution < 1.29 is 18.9 Å². The van der Waals surface area contributed by atoms with Crippen LogP contribution >= 0.6 is 23.5 Å². The quantitative estimate of drug-likeness (QED) is 0.0957. The molecule has 4 aromatic rings. The summed E-state index contributed by atoms with van der Waals surface area (Å²) >= 11 is 3.77. The van der Waals surface area contributed by atoms with E-state index in [9.17, 15) is 0 Å². The van der Waals surface area contributed by atoms with Crippen LogP contribution in [0.4, 0.5) is 0 Å². The third-order valence-corrected chi connectivity index (χ3v) is 11.5. The van der Waals surface area contributed by atoms with E-state index in [1.54, 1.807) is 0 Å². The zero-order chi connectivity index (χ0) is 39.2. The highest BCUT2D eigenvalue weighted by atomic mass is 32.2. The Labute approximate surface area is 329 Å². The second-order valence-corrected chi connectivity index (χ2v) is 21.6. The number of hydrogen-bond acceptors (Lipinski definition) is 7. The summed E-state index contributed by atoms with van der Waals surface area (Å²) < 4.78 is 24.9. The first-order valence-electron chi connectivity index (χ1n) is 18.7. The topological polar surface area (TPSA) is 62.9 Å². The summed E-state index contributed by atoms with van der Waals surface area (Å²) in [5.74, 6) is 3.36. The Bertz CT molecular complexity index is 1750. The SMILES string of the molecule is CC(C)(Sc1cc(C(C)(C)C)c(OCOc2ccccc2)c(C(C)(C)C)c1)Sc1cc(C(C)(C)C)c(OCOc2ccccc2)c(C(C)(C)CCN)c1. The van der Waals surface area contributed by atoms with Crippen LogP contribution < -0.4 is 24.7 Å². The lowest BCUT2D eigenvalue weighted by Crippen LogP contribution is -2.26. The van der Waals surface area contributed by atoms with E-state index in [4.69, 9.17) is 24.7 Å². The highest BCUT2D eigenvalue weighted by Crippen LogP contribution is 2.51. The molecule has 288 valence electrons. The summed E-state index contributed by atoms with van der Waals surface area (Å²) in [5, 5.41) is 0. The number of benzene rings is 4. The molecule has 0 saturated carbocycles. The van der Waals surface area contributed by atoms with Gasteiger partial charge in [-0.3, -0.25) is 0 Å². The first-order valence-corrected chi connectivity index (χ1v) is 20.3. The molecule has 0 atom stereocenters. The highest BCUT2D eigenvalue weighted by Gasteiger charge is 2.34. The van der Waals surface area contributed by atoms with Gasteiger partial charge in [-0.05, 0) is 97.0 Å². The van der Waals surface area contributed by atoms with Crippen LogP contribution in [0.5, 0.6) is 23.0 Å². The van der Waals surface area contributed by atoms with Gasteiger partial charge in [-0.15, -0.1) is 23.5 Å². The number of thioether (sulfide) groups is 2. The van der Waals surface area contributed by atoms with E-state index < -0.39 is 0 Å². The van der Waals surface area contributed by atoms with E-state index in [-0.39, 0.29) is 39.3 Å². The Morgan fingerprint density at radius 3 is 1.15 bits per heavy atom. The molecule has 7 heteroatoms. The summed E-state index contributed by atoms with van der Waals surface area (Å²) in [6.07, 6.45) is 0.828. The summed E-state index contributed by atoms with van der Waals surface area (Å²) in [4.78, 5) is 2.42. The minimum atomic E-state index is -0.216. The van der Waals surface area contributed by atoms with Gasteiger partial charge < -0.3 is 24.7 Å². The van der Waals surface area contributed by atoms with E-state index in [2.05, 4.69) is 114 Å². The Morgan fingerprint density at radius 1 is 0.472 bits per heavy atom. The van der Waals surface area contributed by atoms with Gasteiger partial charge in [0.1, 0.15) is 23.0 Å². The van der Waals surface area contributed by atoms with Gasteiger partial charge in [0.25, 0.3) is 0 Å². The second-order valence-electron chi connectivity index (χ2n) is 17.9. The Hall–Kier alpha value is -3.26. The molecule has 0 bridgehead atoms. The highest BCUT2D eigenvalue weighted by molar-refractivity contribution is 8.18. The van der Waals surface area contributed by atoms with Crippen molar-refractivity contribution in [2.24, 2.45) is 5.73 Å². The summed E-state index contributed by atoms with van der Waals surface area (Å²) in [5.41, 5.74) is 10.1. The Morgan fingerprint density at radius 2 is 0.811 bits per heavy atom. The first kappa shape index (κ1) is 42.5. The predicted octanol–water partition coefficient (Wildman–Crippen LogP) is 12.7. The third kappa shape index (κ3) is 11.9. The Kier molecular flexibility index (Phi) is 13.7. The normalized spacial score (nSPS) is 12.8. The van der Waals surface area contributed by atoms with E-state index >= 15 is 0 Å². The fourth-order valence-corrected chi connectivity index (χ4v) is 8.82. The summed E-state index contributed by atoms with van der Waals surface area (Å²) in [6.45, 7) is 30.2. The van der Waals surface area contributed by atoms with E-state index in [0.29, 0.717) is 6.54 Å². The standard InChI is InChI=1S/C46H63NO4S2/c1-42(2,3)36-26-34(27-37(43(4,5)6)40(36)50-30-48-32-20-16-14-17-21-32)52-46(12,13)53-35-28-38(44(7,8)9)41(39(29-35)45(10,11)24-25-47)51-31-49-33-22-18-15-19-23-33/h14-23,26-29H,24-25,30-31,47H2,1-13H3. The van der Waals surface area contributed by atoms with Crippen molar-refractivity contribution in [2.75, 3.05) is 20.1 Å². The van der Waals surface area contributed by atoms with Crippen LogP contribution in [-0.4, -0.2) is 24.2 Å². The smallest absolute Gasteiger partial charge is 0.230 e. The molecule has 53 heavy (non-hydrogen) atoms. The lowest BCUT2D eigenvalue weighted by molar-refractivity contribution is 0.115. The molecule has 0 aromatic heterocycles. The van der Waals surface area contributed by atoms with E-state index in [1.165, 1.54) is 20.9 Å². The lowest BCUT2D eigenvalue weighted by atomic mass is 9.77. The van der Waals surface area contributed by atoms with Crippen LogP contribution in [0.2, 0.25) is 0 Å². The predicted molar refractivity (Wildman–Crippen MR) is 227 cm³/mol. The average molecular weight is 758 g/mol. The number of para-hydroxylation sites is 2. The fraction of sp³-hybridized carbons (Fsp3) is 0.478. The molecule has 0 saturated heterocycles. The van der Waals surface area contributed by atoms with Crippen molar-refractivity contribution in [1.29, 1.82) is 0 Å². The van der Waals surface area contributed by atoms with Crippen molar-refractivity contribution in [3.63, 3.8) is 0 Å². The largest absolute Gasteiger partial charge is 0.458 e. The van der Waals surface area contributed by atoms with Crippen LogP contribution in [0.15, 0.2) is 94.7 Å². The first-order chi connectivity index (χ1) is 24.6. The number of rotatable bonds is 15. The molecule has 0 spiro atoms. The zero-order valence-corrected chi connectivity index (χ0v) is 36.1. The van der Waals surface area contributed by atoms with Gasteiger partial charge in [-0.2, -0.15) is 0 Å². The molecule has 0 amide bonds. The minimum absolute atomic E-state index is 0.122. The Balaban J connectivity index is 1.71. The molecular weight excluding hydrogens is 695 g/mol. The molecule has 0 unspecified atom stereocenters. The van der Waals surface area contributed by atoms with Crippen molar-refractivity contribution in [1.82, 2.24) is 0 Å². The van der Waals surface area contributed by atoms with Gasteiger partial charge in [0.05, 0.1) is 4.08 Å².